The van der Waals surface area contributed by atoms with Gasteiger partial charge in [-0.1, -0.05) is 38.3 Å². The van der Waals surface area contributed by atoms with Gasteiger partial charge in [0.25, 0.3) is 0 Å². The zero-order valence-corrected chi connectivity index (χ0v) is 14.2. The molecule has 1 aromatic rings. The molecule has 2 rings (SSSR count). The second-order valence-corrected chi connectivity index (χ2v) is 6.79. The van der Waals surface area contributed by atoms with Crippen LogP contribution in [0.25, 0.3) is 0 Å². The summed E-state index contributed by atoms with van der Waals surface area (Å²) in [4.78, 5) is 0. The number of methoxy groups -OCH3 is 1. The van der Waals surface area contributed by atoms with Crippen molar-refractivity contribution < 1.29 is 4.74 Å². The van der Waals surface area contributed by atoms with E-state index in [0.29, 0.717) is 12.0 Å². The number of nitrogens with one attached hydrogen (secondary N) is 1. The lowest BCUT2D eigenvalue weighted by atomic mass is 9.76. The number of halogens is 1. The fourth-order valence-electron chi connectivity index (χ4n) is 3.56. The van der Waals surface area contributed by atoms with Crippen LogP contribution in [0, 0.1) is 11.8 Å². The Morgan fingerprint density at radius 2 is 2.19 bits per heavy atom. The number of hydrogen-bond acceptors (Lipinski definition) is 2. The summed E-state index contributed by atoms with van der Waals surface area (Å²) in [6, 6.07) is 6.32. The summed E-state index contributed by atoms with van der Waals surface area (Å²) < 4.78 is 5.58. The van der Waals surface area contributed by atoms with Crippen LogP contribution in [0.4, 0.5) is 0 Å². The van der Waals surface area contributed by atoms with Crippen LogP contribution in [-0.4, -0.2) is 13.7 Å². The number of ether oxygens (including phenoxy) is 1. The average molecular weight is 310 g/mol. The van der Waals surface area contributed by atoms with Gasteiger partial charge in [-0.2, -0.15) is 0 Å². The van der Waals surface area contributed by atoms with E-state index in [1.54, 1.807) is 7.11 Å². The van der Waals surface area contributed by atoms with Crippen molar-refractivity contribution >= 4 is 11.6 Å². The third-order valence-electron chi connectivity index (χ3n) is 4.59. The van der Waals surface area contributed by atoms with Crippen molar-refractivity contribution in [2.45, 2.75) is 52.0 Å². The third kappa shape index (κ3) is 4.37. The summed E-state index contributed by atoms with van der Waals surface area (Å²) in [6.07, 6.45) is 6.42. The van der Waals surface area contributed by atoms with Gasteiger partial charge in [-0.15, -0.1) is 0 Å². The van der Waals surface area contributed by atoms with Crippen molar-refractivity contribution in [3.05, 3.63) is 28.8 Å². The Hall–Kier alpha value is -0.730. The van der Waals surface area contributed by atoms with Crippen molar-refractivity contribution in [3.8, 4) is 5.75 Å². The van der Waals surface area contributed by atoms with Gasteiger partial charge in [-0.05, 0) is 55.8 Å². The maximum absolute atomic E-state index is 6.24. The SMILES string of the molecule is CCCNC(c1cc(Cl)ccc1OC)C1CCCC(C)C1. The predicted molar refractivity (Wildman–Crippen MR) is 90.2 cm³/mol. The van der Waals surface area contributed by atoms with E-state index in [1.165, 1.54) is 31.2 Å². The van der Waals surface area contributed by atoms with Gasteiger partial charge in [0.15, 0.2) is 0 Å². The lowest BCUT2D eigenvalue weighted by molar-refractivity contribution is 0.220. The quantitative estimate of drug-likeness (QED) is 0.778. The highest BCUT2D eigenvalue weighted by atomic mass is 35.5. The molecule has 2 nitrogen and oxygen atoms in total. The first-order valence-electron chi connectivity index (χ1n) is 8.22. The summed E-state index contributed by atoms with van der Waals surface area (Å²) >= 11 is 6.24. The Labute approximate surface area is 134 Å². The van der Waals surface area contributed by atoms with Gasteiger partial charge in [0.2, 0.25) is 0 Å². The van der Waals surface area contributed by atoms with Crippen LogP contribution in [0.15, 0.2) is 18.2 Å². The molecule has 3 atom stereocenters. The monoisotopic (exact) mass is 309 g/mol. The molecule has 1 saturated carbocycles. The molecule has 0 spiro atoms. The van der Waals surface area contributed by atoms with Crippen molar-refractivity contribution in [2.24, 2.45) is 11.8 Å². The molecule has 3 unspecified atom stereocenters. The molecule has 0 radical (unpaired) electrons. The molecule has 0 heterocycles. The van der Waals surface area contributed by atoms with E-state index in [2.05, 4.69) is 25.2 Å². The highest BCUT2D eigenvalue weighted by molar-refractivity contribution is 6.30. The van der Waals surface area contributed by atoms with Gasteiger partial charge in [0.1, 0.15) is 5.75 Å². The molecular formula is C18H28ClNO. The Morgan fingerprint density at radius 3 is 2.86 bits per heavy atom. The molecule has 1 aliphatic rings. The molecule has 0 amide bonds. The van der Waals surface area contributed by atoms with E-state index >= 15 is 0 Å². The first-order chi connectivity index (χ1) is 10.2. The van der Waals surface area contributed by atoms with Crippen LogP contribution >= 0.6 is 11.6 Å². The van der Waals surface area contributed by atoms with E-state index in [-0.39, 0.29) is 0 Å². The van der Waals surface area contributed by atoms with Gasteiger partial charge < -0.3 is 10.1 Å². The van der Waals surface area contributed by atoms with Crippen LogP contribution < -0.4 is 10.1 Å². The fraction of sp³-hybridized carbons (Fsp3) is 0.667. The largest absolute Gasteiger partial charge is 0.496 e. The molecular weight excluding hydrogens is 282 g/mol. The Bertz CT molecular complexity index is 449. The third-order valence-corrected chi connectivity index (χ3v) is 4.82. The van der Waals surface area contributed by atoms with Gasteiger partial charge in [-0.25, -0.2) is 0 Å². The van der Waals surface area contributed by atoms with Gasteiger partial charge in [0.05, 0.1) is 7.11 Å². The van der Waals surface area contributed by atoms with Crippen molar-refractivity contribution in [2.75, 3.05) is 13.7 Å². The van der Waals surface area contributed by atoms with E-state index in [9.17, 15) is 0 Å². The normalized spacial score (nSPS) is 23.8. The van der Waals surface area contributed by atoms with Crippen LogP contribution in [-0.2, 0) is 0 Å². The minimum Gasteiger partial charge on any atom is -0.496 e. The lowest BCUT2D eigenvalue weighted by Gasteiger charge is -2.35. The zero-order chi connectivity index (χ0) is 15.2. The van der Waals surface area contributed by atoms with Crippen molar-refractivity contribution in [1.82, 2.24) is 5.32 Å². The summed E-state index contributed by atoms with van der Waals surface area (Å²) in [5.41, 5.74) is 1.22. The molecule has 118 valence electrons. The second-order valence-electron chi connectivity index (χ2n) is 6.35. The molecule has 1 fully saturated rings. The average Bonchev–Trinajstić information content (AvgIpc) is 2.48. The molecule has 1 aromatic carbocycles. The molecule has 3 heteroatoms. The molecule has 0 bridgehead atoms. The molecule has 21 heavy (non-hydrogen) atoms. The first-order valence-corrected chi connectivity index (χ1v) is 8.60. The number of rotatable bonds is 6. The molecule has 0 aromatic heterocycles. The minimum absolute atomic E-state index is 0.348. The van der Waals surface area contributed by atoms with Crippen molar-refractivity contribution in [3.63, 3.8) is 0 Å². The van der Waals surface area contributed by atoms with E-state index < -0.39 is 0 Å². The van der Waals surface area contributed by atoms with Gasteiger partial charge >= 0.3 is 0 Å². The maximum Gasteiger partial charge on any atom is 0.123 e. The Morgan fingerprint density at radius 1 is 1.38 bits per heavy atom. The number of hydrogen-bond donors (Lipinski definition) is 1. The molecule has 1 aliphatic carbocycles. The summed E-state index contributed by atoms with van der Waals surface area (Å²) in [7, 11) is 1.74. The van der Waals surface area contributed by atoms with Crippen LogP contribution in [0.5, 0.6) is 5.75 Å². The highest BCUT2D eigenvalue weighted by Gasteiger charge is 2.29. The van der Waals surface area contributed by atoms with Gasteiger partial charge in [-0.3, -0.25) is 0 Å². The molecule has 0 saturated heterocycles. The maximum atomic E-state index is 6.24. The summed E-state index contributed by atoms with van der Waals surface area (Å²) in [5.74, 6) is 2.44. The molecule has 1 N–H and O–H groups in total. The first kappa shape index (κ1) is 16.6. The minimum atomic E-state index is 0.348. The van der Waals surface area contributed by atoms with Crippen LogP contribution in [0.1, 0.15) is 57.6 Å². The van der Waals surface area contributed by atoms with Crippen molar-refractivity contribution in [1.29, 1.82) is 0 Å². The van der Waals surface area contributed by atoms with Crippen LogP contribution in [0.3, 0.4) is 0 Å². The molecule has 0 aliphatic heterocycles. The lowest BCUT2D eigenvalue weighted by Crippen LogP contribution is -2.32. The van der Waals surface area contributed by atoms with Gasteiger partial charge in [0, 0.05) is 16.6 Å². The van der Waals surface area contributed by atoms with Crippen LogP contribution in [0.2, 0.25) is 5.02 Å². The summed E-state index contributed by atoms with van der Waals surface area (Å²) in [5, 5.41) is 4.53. The Kier molecular flexibility index (Phi) is 6.38. The van der Waals surface area contributed by atoms with E-state index in [4.69, 9.17) is 16.3 Å². The topological polar surface area (TPSA) is 21.3 Å². The zero-order valence-electron chi connectivity index (χ0n) is 13.5. The number of benzene rings is 1. The second kappa shape index (κ2) is 8.05. The smallest absolute Gasteiger partial charge is 0.123 e. The fourth-order valence-corrected chi connectivity index (χ4v) is 3.74. The highest BCUT2D eigenvalue weighted by Crippen LogP contribution is 2.40. The predicted octanol–water partition coefficient (Wildman–Crippen LogP) is 5.22. The standard InChI is InChI=1S/C18H28ClNO/c1-4-10-20-18(14-7-5-6-13(2)11-14)16-12-15(19)8-9-17(16)21-3/h8-9,12-14,18,20H,4-7,10-11H2,1-3H3. The Balaban J connectivity index is 2.28. The van der Waals surface area contributed by atoms with E-state index in [1.807, 2.05) is 12.1 Å². The van der Waals surface area contributed by atoms with E-state index in [0.717, 1.165) is 29.7 Å². The summed E-state index contributed by atoms with van der Waals surface area (Å²) in [6.45, 7) is 5.62.